The highest BCUT2D eigenvalue weighted by Gasteiger charge is 2.24. The maximum Gasteiger partial charge on any atom is 0.314 e. The molecule has 0 bridgehead atoms. The number of rotatable bonds is 10. The Bertz CT molecular complexity index is 841. The van der Waals surface area contributed by atoms with Gasteiger partial charge in [-0.15, -0.1) is 0 Å². The zero-order chi connectivity index (χ0) is 21.6. The van der Waals surface area contributed by atoms with Gasteiger partial charge in [0, 0.05) is 23.3 Å². The molecule has 0 amide bonds. The first-order valence-electron chi connectivity index (χ1n) is 8.23. The summed E-state index contributed by atoms with van der Waals surface area (Å²) in [5.41, 5.74) is 0.607. The molecule has 0 atom stereocenters. The summed E-state index contributed by atoms with van der Waals surface area (Å²) in [5.74, 6) is 0.367. The third-order valence-electron chi connectivity index (χ3n) is 4.07. The van der Waals surface area contributed by atoms with Crippen LogP contribution in [0, 0.1) is 20.2 Å². The molecule has 11 heteroatoms. The van der Waals surface area contributed by atoms with E-state index in [1.807, 2.05) is 0 Å². The van der Waals surface area contributed by atoms with E-state index >= 15 is 0 Å². The minimum Gasteiger partial charge on any atom is -0.492 e. The summed E-state index contributed by atoms with van der Waals surface area (Å²) in [6, 6.07) is 5.62. The van der Waals surface area contributed by atoms with Crippen LogP contribution in [0.3, 0.4) is 0 Å². The maximum absolute atomic E-state index is 11.1. The number of ether oxygens (including phenoxy) is 5. The molecule has 0 radical (unpaired) electrons. The van der Waals surface area contributed by atoms with E-state index < -0.39 is 9.85 Å². The predicted octanol–water partition coefficient (Wildman–Crippen LogP) is 3.25. The molecule has 0 fully saturated rings. The van der Waals surface area contributed by atoms with Crippen LogP contribution in [0.2, 0.25) is 0 Å². The van der Waals surface area contributed by atoms with E-state index in [0.717, 1.165) is 0 Å². The van der Waals surface area contributed by atoms with Gasteiger partial charge in [-0.2, -0.15) is 0 Å². The fourth-order valence-corrected chi connectivity index (χ4v) is 2.81. The van der Waals surface area contributed by atoms with Gasteiger partial charge in [0.2, 0.25) is 11.5 Å². The van der Waals surface area contributed by atoms with Gasteiger partial charge in [0.05, 0.1) is 51.5 Å². The zero-order valence-electron chi connectivity index (χ0n) is 16.3. The number of hydrogen-bond acceptors (Lipinski definition) is 9. The van der Waals surface area contributed by atoms with Gasteiger partial charge < -0.3 is 23.7 Å². The Hall–Kier alpha value is -3.60. The SMILES string of the molecule is COc1c(COCc2ccc([N+](=O)[O-])c(OC)c2OC)ccc([N+](=O)[O-])c1OC. The van der Waals surface area contributed by atoms with Crippen molar-refractivity contribution in [2.45, 2.75) is 13.2 Å². The largest absolute Gasteiger partial charge is 0.492 e. The van der Waals surface area contributed by atoms with Crippen molar-refractivity contribution in [1.82, 2.24) is 0 Å². The summed E-state index contributed by atoms with van der Waals surface area (Å²) in [6.07, 6.45) is 0. The molecule has 0 saturated heterocycles. The lowest BCUT2D eigenvalue weighted by Crippen LogP contribution is -2.04. The normalized spacial score (nSPS) is 10.3. The smallest absolute Gasteiger partial charge is 0.314 e. The van der Waals surface area contributed by atoms with E-state index in [1.165, 1.54) is 52.7 Å². The summed E-state index contributed by atoms with van der Waals surface area (Å²) in [5, 5.41) is 22.3. The molecule has 2 aromatic rings. The van der Waals surface area contributed by atoms with Gasteiger partial charge in [0.15, 0.2) is 11.5 Å². The number of nitro benzene ring substituents is 2. The Morgan fingerprint density at radius 3 is 1.28 bits per heavy atom. The standard InChI is InChI=1S/C18H20N2O9/c1-25-15-11(5-7-13(19(21)22)17(15)27-3)9-29-10-12-6-8-14(20(23)24)18(28-4)16(12)26-2/h5-8H,9-10H2,1-4H3. The fourth-order valence-electron chi connectivity index (χ4n) is 2.81. The number of nitrogens with zero attached hydrogens (tertiary/aromatic N) is 2. The third kappa shape index (κ3) is 4.46. The second-order valence-electron chi connectivity index (χ2n) is 5.63. The van der Waals surface area contributed by atoms with Gasteiger partial charge in [0.1, 0.15) is 0 Å². The van der Waals surface area contributed by atoms with Crippen LogP contribution >= 0.6 is 0 Å². The Morgan fingerprint density at radius 2 is 1.00 bits per heavy atom. The fraction of sp³-hybridized carbons (Fsp3) is 0.333. The molecule has 0 aromatic heterocycles. The van der Waals surface area contributed by atoms with Crippen LogP contribution < -0.4 is 18.9 Å². The van der Waals surface area contributed by atoms with E-state index in [0.29, 0.717) is 11.1 Å². The molecule has 0 aliphatic heterocycles. The molecule has 0 aliphatic carbocycles. The highest BCUT2D eigenvalue weighted by Crippen LogP contribution is 2.41. The van der Waals surface area contributed by atoms with Crippen LogP contribution in [0.15, 0.2) is 24.3 Å². The van der Waals surface area contributed by atoms with Crippen molar-refractivity contribution in [3.63, 3.8) is 0 Å². The van der Waals surface area contributed by atoms with Crippen LogP contribution in [-0.4, -0.2) is 38.3 Å². The van der Waals surface area contributed by atoms with Crippen LogP contribution in [0.1, 0.15) is 11.1 Å². The summed E-state index contributed by atoms with van der Waals surface area (Å²) in [6.45, 7) is 0.0833. The minimum absolute atomic E-state index is 0.00631. The second kappa shape index (κ2) is 9.55. The van der Waals surface area contributed by atoms with Crippen LogP contribution in [0.5, 0.6) is 23.0 Å². The molecule has 156 valence electrons. The lowest BCUT2D eigenvalue weighted by molar-refractivity contribution is -0.386. The van der Waals surface area contributed by atoms with Crippen molar-refractivity contribution >= 4 is 11.4 Å². The van der Waals surface area contributed by atoms with Crippen molar-refractivity contribution in [3.05, 3.63) is 55.6 Å². The number of nitro groups is 2. The van der Waals surface area contributed by atoms with Crippen LogP contribution in [0.25, 0.3) is 0 Å². The first kappa shape index (κ1) is 21.7. The van der Waals surface area contributed by atoms with E-state index in [1.54, 1.807) is 0 Å². The van der Waals surface area contributed by atoms with Crippen molar-refractivity contribution in [2.75, 3.05) is 28.4 Å². The van der Waals surface area contributed by atoms with Gasteiger partial charge in [-0.3, -0.25) is 20.2 Å². The topological polar surface area (TPSA) is 132 Å². The number of hydrogen-bond donors (Lipinski definition) is 0. The minimum atomic E-state index is -0.569. The molecule has 0 N–H and O–H groups in total. The van der Waals surface area contributed by atoms with Crippen LogP contribution in [-0.2, 0) is 18.0 Å². The summed E-state index contributed by atoms with van der Waals surface area (Å²) >= 11 is 0. The molecular formula is C18H20N2O9. The highest BCUT2D eigenvalue weighted by molar-refractivity contribution is 5.60. The molecule has 29 heavy (non-hydrogen) atoms. The average Bonchev–Trinajstić information content (AvgIpc) is 2.71. The van der Waals surface area contributed by atoms with Crippen molar-refractivity contribution < 1.29 is 33.5 Å². The molecule has 11 nitrogen and oxygen atoms in total. The average molecular weight is 408 g/mol. The van der Waals surface area contributed by atoms with Crippen LogP contribution in [0.4, 0.5) is 11.4 Å². The first-order valence-corrected chi connectivity index (χ1v) is 8.23. The molecule has 0 unspecified atom stereocenters. The van der Waals surface area contributed by atoms with E-state index in [9.17, 15) is 20.2 Å². The van der Waals surface area contributed by atoms with E-state index in [2.05, 4.69) is 0 Å². The Kier molecular flexibility index (Phi) is 7.15. The number of benzene rings is 2. The summed E-state index contributed by atoms with van der Waals surface area (Å²) in [7, 11) is 5.36. The Morgan fingerprint density at radius 1 is 0.655 bits per heavy atom. The third-order valence-corrected chi connectivity index (χ3v) is 4.07. The molecule has 0 heterocycles. The van der Waals surface area contributed by atoms with Gasteiger partial charge in [-0.05, 0) is 12.1 Å². The molecule has 2 rings (SSSR count). The van der Waals surface area contributed by atoms with E-state index in [-0.39, 0.29) is 47.6 Å². The van der Waals surface area contributed by atoms with Crippen molar-refractivity contribution in [3.8, 4) is 23.0 Å². The lowest BCUT2D eigenvalue weighted by Gasteiger charge is -2.15. The van der Waals surface area contributed by atoms with Gasteiger partial charge in [-0.25, -0.2) is 0 Å². The summed E-state index contributed by atoms with van der Waals surface area (Å²) in [4.78, 5) is 21.1. The lowest BCUT2D eigenvalue weighted by atomic mass is 10.1. The monoisotopic (exact) mass is 408 g/mol. The molecule has 0 aliphatic rings. The van der Waals surface area contributed by atoms with Crippen molar-refractivity contribution in [2.24, 2.45) is 0 Å². The second-order valence-corrected chi connectivity index (χ2v) is 5.63. The molecule has 0 spiro atoms. The Labute approximate surface area is 166 Å². The summed E-state index contributed by atoms with van der Waals surface area (Å²) < 4.78 is 26.4. The molecule has 2 aromatic carbocycles. The quantitative estimate of drug-likeness (QED) is 0.429. The van der Waals surface area contributed by atoms with E-state index in [4.69, 9.17) is 23.7 Å². The highest BCUT2D eigenvalue weighted by atomic mass is 16.6. The first-order chi connectivity index (χ1) is 13.9. The van der Waals surface area contributed by atoms with Gasteiger partial charge >= 0.3 is 11.4 Å². The Balaban J connectivity index is 2.26. The van der Waals surface area contributed by atoms with Gasteiger partial charge in [0.25, 0.3) is 0 Å². The number of methoxy groups -OCH3 is 4. The molecular weight excluding hydrogens is 388 g/mol. The zero-order valence-corrected chi connectivity index (χ0v) is 16.3. The van der Waals surface area contributed by atoms with Gasteiger partial charge in [-0.1, -0.05) is 0 Å². The maximum atomic E-state index is 11.1. The molecule has 0 saturated carbocycles. The predicted molar refractivity (Wildman–Crippen MR) is 101 cm³/mol. The van der Waals surface area contributed by atoms with Crippen molar-refractivity contribution in [1.29, 1.82) is 0 Å².